The van der Waals surface area contributed by atoms with E-state index in [1.165, 1.54) is 11.3 Å². The number of hydrogen-bond acceptors (Lipinski definition) is 2. The van der Waals surface area contributed by atoms with E-state index in [-0.39, 0.29) is 5.41 Å². The van der Waals surface area contributed by atoms with Crippen LogP contribution in [0.4, 0.5) is 5.69 Å². The average Bonchev–Trinajstić information content (AvgIpc) is 2.18. The Morgan fingerprint density at radius 1 is 1.27 bits per heavy atom. The molecule has 0 atom stereocenters. The van der Waals surface area contributed by atoms with E-state index in [0.29, 0.717) is 5.88 Å². The second-order valence-corrected chi connectivity index (χ2v) is 4.62. The van der Waals surface area contributed by atoms with Gasteiger partial charge in [0.2, 0.25) is 0 Å². The summed E-state index contributed by atoms with van der Waals surface area (Å²) in [6, 6.07) is 8.56. The monoisotopic (exact) mass is 225 g/mol. The Morgan fingerprint density at radius 2 is 1.87 bits per heavy atom. The van der Waals surface area contributed by atoms with E-state index in [2.05, 4.69) is 29.2 Å². The first-order valence-corrected chi connectivity index (χ1v) is 5.63. The Kier molecular flexibility index (Phi) is 2.89. The summed E-state index contributed by atoms with van der Waals surface area (Å²) >= 11 is 6.01. The van der Waals surface area contributed by atoms with E-state index >= 15 is 0 Å². The fourth-order valence-electron chi connectivity index (χ4n) is 1.78. The molecular formula is C12H16ClNO. The summed E-state index contributed by atoms with van der Waals surface area (Å²) in [7, 11) is 4.08. The minimum absolute atomic E-state index is 0.0619. The van der Waals surface area contributed by atoms with Crippen molar-refractivity contribution < 1.29 is 4.74 Å². The van der Waals surface area contributed by atoms with E-state index in [9.17, 15) is 0 Å². The molecule has 0 amide bonds. The van der Waals surface area contributed by atoms with Crippen LogP contribution in [0.2, 0.25) is 0 Å². The van der Waals surface area contributed by atoms with Crippen molar-refractivity contribution in [1.29, 1.82) is 0 Å². The minimum atomic E-state index is 0.0619. The summed E-state index contributed by atoms with van der Waals surface area (Å²) in [4.78, 5) is 2.09. The highest BCUT2D eigenvalue weighted by Gasteiger charge is 2.39. The summed E-state index contributed by atoms with van der Waals surface area (Å²) in [5.41, 5.74) is 2.56. The molecule has 0 aliphatic carbocycles. The van der Waals surface area contributed by atoms with Crippen molar-refractivity contribution in [1.82, 2.24) is 0 Å². The smallest absolute Gasteiger partial charge is 0.0597 e. The van der Waals surface area contributed by atoms with Crippen LogP contribution in [-0.2, 0) is 10.2 Å². The molecule has 0 aromatic heterocycles. The third-order valence-corrected chi connectivity index (χ3v) is 3.52. The van der Waals surface area contributed by atoms with Gasteiger partial charge in [-0.15, -0.1) is 11.6 Å². The summed E-state index contributed by atoms with van der Waals surface area (Å²) in [6.45, 7) is 1.50. The van der Waals surface area contributed by atoms with Crippen LogP contribution in [0.5, 0.6) is 0 Å². The van der Waals surface area contributed by atoms with Crippen molar-refractivity contribution in [3.63, 3.8) is 0 Å². The van der Waals surface area contributed by atoms with Gasteiger partial charge < -0.3 is 9.64 Å². The average molecular weight is 226 g/mol. The summed E-state index contributed by atoms with van der Waals surface area (Å²) in [6.07, 6.45) is 0. The molecule has 1 aromatic rings. The van der Waals surface area contributed by atoms with Crippen molar-refractivity contribution in [3.05, 3.63) is 29.8 Å². The molecule has 0 bridgehead atoms. The van der Waals surface area contributed by atoms with Crippen molar-refractivity contribution in [2.45, 2.75) is 5.41 Å². The van der Waals surface area contributed by atoms with Crippen LogP contribution in [0.15, 0.2) is 24.3 Å². The second kappa shape index (κ2) is 4.03. The van der Waals surface area contributed by atoms with Gasteiger partial charge in [0.05, 0.1) is 18.6 Å². The number of benzene rings is 1. The lowest BCUT2D eigenvalue weighted by molar-refractivity contribution is -0.0479. The van der Waals surface area contributed by atoms with Gasteiger partial charge in [-0.25, -0.2) is 0 Å². The zero-order valence-corrected chi connectivity index (χ0v) is 9.92. The Balaban J connectivity index is 2.23. The van der Waals surface area contributed by atoms with Crippen LogP contribution in [-0.4, -0.2) is 33.2 Å². The van der Waals surface area contributed by atoms with Gasteiger partial charge in [-0.1, -0.05) is 12.1 Å². The maximum absolute atomic E-state index is 6.01. The maximum Gasteiger partial charge on any atom is 0.0597 e. The Bertz CT molecular complexity index is 324. The van der Waals surface area contributed by atoms with E-state index in [1.807, 2.05) is 14.1 Å². The third-order valence-electron chi connectivity index (χ3n) is 3.01. The van der Waals surface area contributed by atoms with Crippen molar-refractivity contribution in [2.24, 2.45) is 0 Å². The largest absolute Gasteiger partial charge is 0.379 e. The van der Waals surface area contributed by atoms with Crippen molar-refractivity contribution in [3.8, 4) is 0 Å². The van der Waals surface area contributed by atoms with Crippen LogP contribution in [0, 0.1) is 0 Å². The minimum Gasteiger partial charge on any atom is -0.379 e. The molecule has 1 heterocycles. The summed E-state index contributed by atoms with van der Waals surface area (Å²) < 4.78 is 5.27. The molecular weight excluding hydrogens is 210 g/mol. The van der Waals surface area contributed by atoms with Gasteiger partial charge in [-0.05, 0) is 17.7 Å². The Labute approximate surface area is 95.8 Å². The molecule has 1 aliphatic heterocycles. The predicted octanol–water partition coefficient (Wildman–Crippen LogP) is 2.26. The lowest BCUT2D eigenvalue weighted by Gasteiger charge is -2.40. The molecule has 1 fully saturated rings. The quantitative estimate of drug-likeness (QED) is 0.732. The number of halogens is 1. The van der Waals surface area contributed by atoms with Crippen LogP contribution in [0.3, 0.4) is 0 Å². The molecule has 0 unspecified atom stereocenters. The maximum atomic E-state index is 6.01. The van der Waals surface area contributed by atoms with Crippen LogP contribution < -0.4 is 4.90 Å². The normalized spacial score (nSPS) is 18.3. The number of rotatable bonds is 3. The molecule has 82 valence electrons. The van der Waals surface area contributed by atoms with E-state index in [1.54, 1.807) is 0 Å². The van der Waals surface area contributed by atoms with Gasteiger partial charge in [0.15, 0.2) is 0 Å². The number of anilines is 1. The van der Waals surface area contributed by atoms with E-state index in [0.717, 1.165) is 13.2 Å². The number of nitrogens with zero attached hydrogens (tertiary/aromatic N) is 1. The highest BCUT2D eigenvalue weighted by atomic mass is 35.5. The van der Waals surface area contributed by atoms with Gasteiger partial charge in [-0.2, -0.15) is 0 Å². The molecule has 2 nitrogen and oxygen atoms in total. The van der Waals surface area contributed by atoms with Crippen LogP contribution in [0.25, 0.3) is 0 Å². The lowest BCUT2D eigenvalue weighted by atomic mass is 9.80. The lowest BCUT2D eigenvalue weighted by Crippen LogP contribution is -2.48. The predicted molar refractivity (Wildman–Crippen MR) is 64.0 cm³/mol. The van der Waals surface area contributed by atoms with Crippen molar-refractivity contribution >= 4 is 17.3 Å². The number of alkyl halides is 1. The SMILES string of the molecule is CN(C)c1ccc(C2(CCl)COC2)cc1. The molecule has 2 rings (SSSR count). The molecule has 0 radical (unpaired) electrons. The highest BCUT2D eigenvalue weighted by Crippen LogP contribution is 2.34. The number of ether oxygens (including phenoxy) is 1. The van der Waals surface area contributed by atoms with Crippen LogP contribution >= 0.6 is 11.6 Å². The molecule has 1 saturated heterocycles. The Morgan fingerprint density at radius 3 is 2.20 bits per heavy atom. The topological polar surface area (TPSA) is 12.5 Å². The molecule has 0 saturated carbocycles. The molecule has 0 spiro atoms. The zero-order chi connectivity index (χ0) is 10.9. The first-order chi connectivity index (χ1) is 7.18. The first kappa shape index (κ1) is 10.8. The van der Waals surface area contributed by atoms with E-state index < -0.39 is 0 Å². The van der Waals surface area contributed by atoms with Gasteiger partial charge >= 0.3 is 0 Å². The third kappa shape index (κ3) is 1.84. The second-order valence-electron chi connectivity index (χ2n) is 4.35. The van der Waals surface area contributed by atoms with Gasteiger partial charge in [0, 0.05) is 25.7 Å². The fraction of sp³-hybridized carbons (Fsp3) is 0.500. The number of hydrogen-bond donors (Lipinski definition) is 0. The van der Waals surface area contributed by atoms with Gasteiger partial charge in [0.25, 0.3) is 0 Å². The van der Waals surface area contributed by atoms with E-state index in [4.69, 9.17) is 16.3 Å². The fourth-order valence-corrected chi connectivity index (χ4v) is 2.09. The molecule has 3 heteroatoms. The van der Waals surface area contributed by atoms with Crippen molar-refractivity contribution in [2.75, 3.05) is 38.1 Å². The van der Waals surface area contributed by atoms with Crippen LogP contribution in [0.1, 0.15) is 5.56 Å². The molecule has 1 aromatic carbocycles. The highest BCUT2D eigenvalue weighted by molar-refractivity contribution is 6.18. The molecule has 0 N–H and O–H groups in total. The van der Waals surface area contributed by atoms with Gasteiger partial charge in [0.1, 0.15) is 0 Å². The molecule has 1 aliphatic rings. The first-order valence-electron chi connectivity index (χ1n) is 5.09. The Hall–Kier alpha value is -0.730. The molecule has 15 heavy (non-hydrogen) atoms. The summed E-state index contributed by atoms with van der Waals surface area (Å²) in [5, 5.41) is 0. The summed E-state index contributed by atoms with van der Waals surface area (Å²) in [5.74, 6) is 0.633. The van der Waals surface area contributed by atoms with Gasteiger partial charge in [-0.3, -0.25) is 0 Å². The standard InChI is InChI=1S/C12H16ClNO/c1-14(2)11-5-3-10(4-6-11)12(7-13)8-15-9-12/h3-6H,7-9H2,1-2H3. The zero-order valence-electron chi connectivity index (χ0n) is 9.16.